The number of hydrogen-bond donors (Lipinski definition) is 0. The summed E-state index contributed by atoms with van der Waals surface area (Å²) in [5.74, 6) is 0. The first-order valence-corrected chi connectivity index (χ1v) is 26.9. The van der Waals surface area contributed by atoms with E-state index in [1.807, 2.05) is 0 Å². The van der Waals surface area contributed by atoms with Gasteiger partial charge in [-0.3, -0.25) is 0 Å². The molecule has 0 aromatic heterocycles. The zero-order valence-corrected chi connectivity index (χ0v) is 39.7. The molecule has 6 aliphatic rings. The number of benzene rings is 5. The van der Waals surface area contributed by atoms with Crippen LogP contribution in [0.2, 0.25) is 19.6 Å². The van der Waals surface area contributed by atoms with Gasteiger partial charge in [-0.25, -0.2) is 0 Å². The molecular formula is C55H66BN3Si. The average Bonchev–Trinajstić information content (AvgIpc) is 3.54. The molecule has 0 amide bonds. The van der Waals surface area contributed by atoms with E-state index in [9.17, 15) is 0 Å². The van der Waals surface area contributed by atoms with E-state index < -0.39 is 8.07 Å². The summed E-state index contributed by atoms with van der Waals surface area (Å²) >= 11 is 0. The van der Waals surface area contributed by atoms with Crippen LogP contribution in [0.3, 0.4) is 0 Å². The van der Waals surface area contributed by atoms with E-state index >= 15 is 0 Å². The minimum absolute atomic E-state index is 0.0337. The van der Waals surface area contributed by atoms with Crippen molar-refractivity contribution in [3.05, 3.63) is 113 Å². The van der Waals surface area contributed by atoms with Gasteiger partial charge in [0.2, 0.25) is 0 Å². The summed E-state index contributed by atoms with van der Waals surface area (Å²) in [6, 6.07) is 35.0. The van der Waals surface area contributed by atoms with E-state index in [4.69, 9.17) is 0 Å². The molecule has 0 radical (unpaired) electrons. The molecule has 4 heterocycles. The van der Waals surface area contributed by atoms with Crippen LogP contribution in [0.5, 0.6) is 0 Å². The number of aryl methyl sites for hydroxylation is 2. The van der Waals surface area contributed by atoms with Gasteiger partial charge in [0, 0.05) is 50.6 Å². The number of rotatable bonds is 3. The van der Waals surface area contributed by atoms with Gasteiger partial charge in [0.1, 0.15) is 0 Å². The first-order valence-electron chi connectivity index (χ1n) is 23.4. The topological polar surface area (TPSA) is 9.72 Å². The molecule has 3 nitrogen and oxygen atoms in total. The molecule has 4 aliphatic heterocycles. The number of hydrogen-bond acceptors (Lipinski definition) is 3. The van der Waals surface area contributed by atoms with Crippen LogP contribution in [0.25, 0.3) is 0 Å². The average molecular weight is 808 g/mol. The van der Waals surface area contributed by atoms with Crippen molar-refractivity contribution < 1.29 is 0 Å². The van der Waals surface area contributed by atoms with E-state index in [1.165, 1.54) is 124 Å². The first-order chi connectivity index (χ1) is 28.3. The Labute approximate surface area is 362 Å². The van der Waals surface area contributed by atoms with Crippen LogP contribution >= 0.6 is 0 Å². The Bertz CT molecular complexity index is 2650. The highest BCUT2D eigenvalue weighted by molar-refractivity contribution is 7.00. The number of nitrogens with zero attached hydrogens (tertiary/aromatic N) is 3. The summed E-state index contributed by atoms with van der Waals surface area (Å²) in [5.41, 5.74) is 21.4. The van der Waals surface area contributed by atoms with Crippen LogP contribution < -0.4 is 36.3 Å². The van der Waals surface area contributed by atoms with Crippen molar-refractivity contribution in [3.63, 3.8) is 0 Å². The van der Waals surface area contributed by atoms with Gasteiger partial charge in [-0.2, -0.15) is 0 Å². The van der Waals surface area contributed by atoms with Crippen LogP contribution in [0.1, 0.15) is 128 Å². The molecule has 0 N–H and O–H groups in total. The maximum Gasteiger partial charge on any atom is 0.252 e. The van der Waals surface area contributed by atoms with Crippen molar-refractivity contribution in [2.75, 3.05) is 14.7 Å². The molecule has 2 saturated carbocycles. The lowest BCUT2D eigenvalue weighted by molar-refractivity contribution is 0.194. The van der Waals surface area contributed by atoms with Gasteiger partial charge in [0.25, 0.3) is 6.71 Å². The highest BCUT2D eigenvalue weighted by Crippen LogP contribution is 2.65. The Morgan fingerprint density at radius 3 is 1.82 bits per heavy atom. The van der Waals surface area contributed by atoms with Gasteiger partial charge < -0.3 is 14.7 Å². The van der Waals surface area contributed by atoms with Crippen LogP contribution in [-0.2, 0) is 16.2 Å². The molecule has 60 heavy (non-hydrogen) atoms. The second kappa shape index (κ2) is 12.2. The molecule has 0 saturated heterocycles. The summed E-state index contributed by atoms with van der Waals surface area (Å²) in [6.07, 6.45) is 10.00. The second-order valence-electron chi connectivity index (χ2n) is 23.1. The van der Waals surface area contributed by atoms with E-state index in [1.54, 1.807) is 16.3 Å². The van der Waals surface area contributed by atoms with Crippen molar-refractivity contribution in [1.29, 1.82) is 0 Å². The lowest BCUT2D eigenvalue weighted by Crippen LogP contribution is -2.64. The van der Waals surface area contributed by atoms with Crippen molar-refractivity contribution in [1.82, 2.24) is 0 Å². The number of fused-ring (bicyclic) bond motifs is 10. The molecule has 11 rings (SSSR count). The fourth-order valence-corrected chi connectivity index (χ4v) is 14.7. The molecular weight excluding hydrogens is 742 g/mol. The minimum atomic E-state index is -1.54. The maximum absolute atomic E-state index is 2.95. The van der Waals surface area contributed by atoms with Gasteiger partial charge in [-0.15, -0.1) is 0 Å². The largest absolute Gasteiger partial charge is 0.335 e. The van der Waals surface area contributed by atoms with Gasteiger partial charge in [0.15, 0.2) is 0 Å². The Balaban J connectivity index is 1.27. The van der Waals surface area contributed by atoms with Crippen LogP contribution in [0, 0.1) is 13.8 Å². The van der Waals surface area contributed by atoms with E-state index in [2.05, 4.69) is 182 Å². The summed E-state index contributed by atoms with van der Waals surface area (Å²) in [4.78, 5) is 8.47. The fraction of sp³-hybridized carbons (Fsp3) is 0.455. The molecule has 5 aromatic carbocycles. The van der Waals surface area contributed by atoms with Crippen molar-refractivity contribution >= 4 is 76.2 Å². The highest BCUT2D eigenvalue weighted by Gasteiger charge is 2.63. The van der Waals surface area contributed by atoms with Crippen LogP contribution in [0.15, 0.2) is 84.9 Å². The predicted molar refractivity (Wildman–Crippen MR) is 263 cm³/mol. The van der Waals surface area contributed by atoms with E-state index in [0.717, 1.165) is 0 Å². The molecule has 5 aromatic rings. The quantitative estimate of drug-likeness (QED) is 0.165. The molecule has 0 bridgehead atoms. The molecule has 2 fully saturated rings. The third kappa shape index (κ3) is 4.85. The lowest BCUT2D eigenvalue weighted by atomic mass is 9.33. The zero-order valence-electron chi connectivity index (χ0n) is 38.7. The minimum Gasteiger partial charge on any atom is -0.335 e. The SMILES string of the molecule is Cc1ccc(N2c3ccc(C)cc3B3c4cc(C(C)(C)C)cc5c4N(c4cc(N6c7ccc([Si](C)(C)C)cc7C7(C)CCCCC67C)cc2c43)C2(C)CCCCC52C)cc1. The summed E-state index contributed by atoms with van der Waals surface area (Å²) < 4.78 is 0. The third-order valence-electron chi connectivity index (χ3n) is 17.6. The number of anilines is 7. The van der Waals surface area contributed by atoms with Gasteiger partial charge in [-0.05, 0) is 128 Å². The Morgan fingerprint density at radius 1 is 0.550 bits per heavy atom. The van der Waals surface area contributed by atoms with Gasteiger partial charge in [-0.1, -0.05) is 145 Å². The summed E-state index contributed by atoms with van der Waals surface area (Å²) in [6.45, 7) is 30.0. The Morgan fingerprint density at radius 2 is 1.15 bits per heavy atom. The molecule has 5 heteroatoms. The van der Waals surface area contributed by atoms with E-state index in [0.29, 0.717) is 0 Å². The highest BCUT2D eigenvalue weighted by atomic mass is 28.3. The summed E-state index contributed by atoms with van der Waals surface area (Å²) in [7, 11) is -1.54. The standard InChI is InChI=1S/C55H66BN3Si/c1-35-17-20-38(21-18-35)57-46-23-19-36(2)29-43(46)56-44-31-37(51(3,4)5)30-42-50(44)59(55(9)28-16-14-26-53(42,55)7)48-33-39(32-47(57)49(48)56)58-45-24-22-40(60(10,11)12)34-41(45)52(6)25-13-15-27-54(52,58)8/h17-24,29-34H,13-16,25-28H2,1-12H3. The summed E-state index contributed by atoms with van der Waals surface area (Å²) in [5, 5.41) is 1.58. The second-order valence-corrected chi connectivity index (χ2v) is 28.1. The van der Waals surface area contributed by atoms with Crippen LogP contribution in [-0.4, -0.2) is 25.9 Å². The molecule has 308 valence electrons. The maximum atomic E-state index is 2.95. The Hall–Kier alpha value is -4.22. The predicted octanol–water partition coefficient (Wildman–Crippen LogP) is 12.2. The van der Waals surface area contributed by atoms with E-state index in [-0.39, 0.29) is 34.0 Å². The third-order valence-corrected chi connectivity index (χ3v) is 19.6. The smallest absolute Gasteiger partial charge is 0.252 e. The molecule has 4 atom stereocenters. The molecule has 4 unspecified atom stereocenters. The lowest BCUT2D eigenvalue weighted by Gasteiger charge is -2.53. The molecule has 0 spiro atoms. The monoisotopic (exact) mass is 808 g/mol. The zero-order chi connectivity index (χ0) is 42.1. The van der Waals surface area contributed by atoms with Crippen molar-refractivity contribution in [2.24, 2.45) is 0 Å². The normalized spacial score (nSPS) is 27.3. The van der Waals surface area contributed by atoms with Gasteiger partial charge >= 0.3 is 0 Å². The Kier molecular flexibility index (Phi) is 7.89. The van der Waals surface area contributed by atoms with Crippen molar-refractivity contribution in [3.8, 4) is 0 Å². The first kappa shape index (κ1) is 38.7. The molecule has 2 aliphatic carbocycles. The van der Waals surface area contributed by atoms with Crippen LogP contribution in [0.4, 0.5) is 39.8 Å². The van der Waals surface area contributed by atoms with Crippen molar-refractivity contribution in [2.45, 2.75) is 161 Å². The fourth-order valence-electron chi connectivity index (χ4n) is 13.6. The van der Waals surface area contributed by atoms with Gasteiger partial charge in [0.05, 0.1) is 19.2 Å².